The number of benzene rings is 2. The fourth-order valence-corrected chi connectivity index (χ4v) is 2.59. The number of rotatable bonds is 6. The number of nitrogens with one attached hydrogen (secondary N) is 1. The Kier molecular flexibility index (Phi) is 6.05. The minimum atomic E-state index is -0.171. The highest BCUT2D eigenvalue weighted by atomic mass is 35.5. The van der Waals surface area contributed by atoms with Gasteiger partial charge in [-0.3, -0.25) is 4.79 Å². The van der Waals surface area contributed by atoms with Gasteiger partial charge in [0.15, 0.2) is 6.61 Å². The van der Waals surface area contributed by atoms with Crippen molar-refractivity contribution in [1.29, 1.82) is 0 Å². The number of ether oxygens (including phenoxy) is 1. The van der Waals surface area contributed by atoms with Crippen molar-refractivity contribution in [3.63, 3.8) is 0 Å². The zero-order valence-corrected chi connectivity index (χ0v) is 14.5. The van der Waals surface area contributed by atoms with Crippen molar-refractivity contribution in [2.24, 2.45) is 0 Å². The third kappa shape index (κ3) is 4.73. The monoisotopic (exact) mass is 331 g/mol. The Morgan fingerprint density at radius 2 is 2.00 bits per heavy atom. The summed E-state index contributed by atoms with van der Waals surface area (Å²) in [6, 6.07) is 13.2. The Balaban J connectivity index is 2.00. The lowest BCUT2D eigenvalue weighted by molar-refractivity contribution is -0.118. The van der Waals surface area contributed by atoms with Gasteiger partial charge >= 0.3 is 0 Å². The van der Waals surface area contributed by atoms with Gasteiger partial charge in [0, 0.05) is 10.7 Å². The standard InChI is InChI=1S/C19H22ClNO2/c1-4-13(2)16-7-5-6-8-17(16)21-19(22)12-23-18-10-9-15(20)11-14(18)3/h5-11,13H,4,12H2,1-3H3,(H,21,22). The lowest BCUT2D eigenvalue weighted by atomic mass is 9.97. The van der Waals surface area contributed by atoms with Crippen LogP contribution in [0, 0.1) is 6.92 Å². The average molecular weight is 332 g/mol. The van der Waals surface area contributed by atoms with E-state index in [0.29, 0.717) is 16.7 Å². The summed E-state index contributed by atoms with van der Waals surface area (Å²) in [5, 5.41) is 3.59. The van der Waals surface area contributed by atoms with Crippen molar-refractivity contribution in [2.45, 2.75) is 33.1 Å². The van der Waals surface area contributed by atoms with Gasteiger partial charge in [0.25, 0.3) is 5.91 Å². The van der Waals surface area contributed by atoms with Crippen molar-refractivity contribution >= 4 is 23.2 Å². The molecule has 1 amide bonds. The van der Waals surface area contributed by atoms with Crippen LogP contribution < -0.4 is 10.1 Å². The second-order valence-corrected chi connectivity index (χ2v) is 6.08. The zero-order valence-electron chi connectivity index (χ0n) is 13.7. The number of hydrogen-bond acceptors (Lipinski definition) is 2. The van der Waals surface area contributed by atoms with Gasteiger partial charge in [-0.2, -0.15) is 0 Å². The zero-order chi connectivity index (χ0) is 16.8. The molecule has 0 spiro atoms. The van der Waals surface area contributed by atoms with Gasteiger partial charge in [0.1, 0.15) is 5.75 Å². The number of carbonyl (C=O) groups is 1. The highest BCUT2D eigenvalue weighted by Gasteiger charge is 2.11. The topological polar surface area (TPSA) is 38.3 Å². The molecule has 3 nitrogen and oxygen atoms in total. The maximum absolute atomic E-state index is 12.2. The van der Waals surface area contributed by atoms with E-state index < -0.39 is 0 Å². The van der Waals surface area contributed by atoms with Crippen molar-refractivity contribution in [3.05, 3.63) is 58.6 Å². The highest BCUT2D eigenvalue weighted by molar-refractivity contribution is 6.30. The normalized spacial score (nSPS) is 11.8. The van der Waals surface area contributed by atoms with E-state index in [1.807, 2.05) is 37.3 Å². The van der Waals surface area contributed by atoms with Crippen molar-refractivity contribution < 1.29 is 9.53 Å². The maximum atomic E-state index is 12.2. The summed E-state index contributed by atoms with van der Waals surface area (Å²) in [6.45, 7) is 6.16. The molecule has 0 fully saturated rings. The molecule has 0 aliphatic heterocycles. The van der Waals surface area contributed by atoms with E-state index in [0.717, 1.165) is 23.2 Å². The Bertz CT molecular complexity index is 685. The van der Waals surface area contributed by atoms with Crippen LogP contribution in [0.15, 0.2) is 42.5 Å². The first-order valence-electron chi connectivity index (χ1n) is 7.79. The van der Waals surface area contributed by atoms with Gasteiger partial charge in [-0.15, -0.1) is 0 Å². The molecule has 122 valence electrons. The predicted molar refractivity (Wildman–Crippen MR) is 95.5 cm³/mol. The summed E-state index contributed by atoms with van der Waals surface area (Å²) in [5.74, 6) is 0.890. The molecule has 0 aliphatic rings. The molecule has 2 rings (SSSR count). The molecule has 0 radical (unpaired) electrons. The van der Waals surface area contributed by atoms with Crippen LogP contribution in [0.25, 0.3) is 0 Å². The molecule has 0 aliphatic carbocycles. The van der Waals surface area contributed by atoms with Gasteiger partial charge in [-0.25, -0.2) is 0 Å². The minimum absolute atomic E-state index is 0.0304. The molecule has 4 heteroatoms. The molecule has 2 aromatic rings. The summed E-state index contributed by atoms with van der Waals surface area (Å²) < 4.78 is 5.58. The summed E-state index contributed by atoms with van der Waals surface area (Å²) in [7, 11) is 0. The maximum Gasteiger partial charge on any atom is 0.262 e. The van der Waals surface area contributed by atoms with Crippen LogP contribution >= 0.6 is 11.6 Å². The number of halogens is 1. The lowest BCUT2D eigenvalue weighted by Crippen LogP contribution is -2.21. The van der Waals surface area contributed by atoms with E-state index in [4.69, 9.17) is 16.3 Å². The first-order chi connectivity index (χ1) is 11.0. The Morgan fingerprint density at radius 1 is 1.26 bits per heavy atom. The summed E-state index contributed by atoms with van der Waals surface area (Å²) in [4.78, 5) is 12.2. The summed E-state index contributed by atoms with van der Waals surface area (Å²) in [5.41, 5.74) is 2.90. The van der Waals surface area contributed by atoms with Gasteiger partial charge < -0.3 is 10.1 Å². The van der Waals surface area contributed by atoms with Gasteiger partial charge in [-0.1, -0.05) is 43.6 Å². The van der Waals surface area contributed by atoms with Crippen LogP contribution in [-0.4, -0.2) is 12.5 Å². The molecule has 1 atom stereocenters. The van der Waals surface area contributed by atoms with E-state index in [1.54, 1.807) is 12.1 Å². The molecule has 0 saturated heterocycles. The number of carbonyl (C=O) groups excluding carboxylic acids is 1. The average Bonchev–Trinajstić information content (AvgIpc) is 2.54. The van der Waals surface area contributed by atoms with Crippen LogP contribution in [0.5, 0.6) is 5.75 Å². The van der Waals surface area contributed by atoms with Gasteiger partial charge in [0.05, 0.1) is 0 Å². The van der Waals surface area contributed by atoms with Gasteiger partial charge in [0.2, 0.25) is 0 Å². The lowest BCUT2D eigenvalue weighted by Gasteiger charge is -2.16. The van der Waals surface area contributed by atoms with E-state index >= 15 is 0 Å². The third-order valence-corrected chi connectivity index (χ3v) is 4.11. The largest absolute Gasteiger partial charge is 0.483 e. The molecule has 0 bridgehead atoms. The van der Waals surface area contributed by atoms with Crippen molar-refractivity contribution in [3.8, 4) is 5.75 Å². The third-order valence-electron chi connectivity index (χ3n) is 3.87. The Morgan fingerprint density at radius 3 is 2.70 bits per heavy atom. The van der Waals surface area contributed by atoms with Crippen LogP contribution in [0.3, 0.4) is 0 Å². The number of para-hydroxylation sites is 1. The Hall–Kier alpha value is -2.00. The molecule has 1 unspecified atom stereocenters. The molecule has 23 heavy (non-hydrogen) atoms. The fraction of sp³-hybridized carbons (Fsp3) is 0.316. The number of anilines is 1. The molecule has 1 N–H and O–H groups in total. The second-order valence-electron chi connectivity index (χ2n) is 5.64. The smallest absolute Gasteiger partial charge is 0.262 e. The summed E-state index contributed by atoms with van der Waals surface area (Å²) >= 11 is 5.91. The quantitative estimate of drug-likeness (QED) is 0.792. The molecular weight excluding hydrogens is 310 g/mol. The van der Waals surface area contributed by atoms with E-state index in [1.165, 1.54) is 0 Å². The number of aryl methyl sites for hydroxylation is 1. The fourth-order valence-electron chi connectivity index (χ4n) is 2.36. The Labute approximate surface area is 142 Å². The van der Waals surface area contributed by atoms with E-state index in [2.05, 4.69) is 19.2 Å². The summed E-state index contributed by atoms with van der Waals surface area (Å²) in [6.07, 6.45) is 1.02. The van der Waals surface area contributed by atoms with Crippen LogP contribution in [0.2, 0.25) is 5.02 Å². The van der Waals surface area contributed by atoms with Crippen LogP contribution in [0.1, 0.15) is 37.3 Å². The predicted octanol–water partition coefficient (Wildman–Crippen LogP) is 5.18. The van der Waals surface area contributed by atoms with Crippen LogP contribution in [0.4, 0.5) is 5.69 Å². The number of hydrogen-bond donors (Lipinski definition) is 1. The molecule has 0 saturated carbocycles. The first kappa shape index (κ1) is 17.4. The van der Waals surface area contributed by atoms with Gasteiger partial charge in [-0.05, 0) is 54.7 Å². The van der Waals surface area contributed by atoms with Crippen molar-refractivity contribution in [1.82, 2.24) is 0 Å². The SMILES string of the molecule is CCC(C)c1ccccc1NC(=O)COc1ccc(Cl)cc1C. The minimum Gasteiger partial charge on any atom is -0.483 e. The molecule has 0 aromatic heterocycles. The second kappa shape index (κ2) is 8.02. The first-order valence-corrected chi connectivity index (χ1v) is 8.16. The van der Waals surface area contributed by atoms with Crippen molar-refractivity contribution in [2.75, 3.05) is 11.9 Å². The van der Waals surface area contributed by atoms with E-state index in [-0.39, 0.29) is 12.5 Å². The molecule has 0 heterocycles. The number of amides is 1. The molecule has 2 aromatic carbocycles. The highest BCUT2D eigenvalue weighted by Crippen LogP contribution is 2.26. The molecular formula is C19H22ClNO2. The van der Waals surface area contributed by atoms with Crippen LogP contribution in [-0.2, 0) is 4.79 Å². The van der Waals surface area contributed by atoms with E-state index in [9.17, 15) is 4.79 Å².